The van der Waals surface area contributed by atoms with Crippen LogP contribution >= 0.6 is 0 Å². The van der Waals surface area contributed by atoms with Crippen molar-refractivity contribution in [3.63, 3.8) is 0 Å². The third-order valence-electron chi connectivity index (χ3n) is 9.37. The Morgan fingerprint density at radius 2 is 1.78 bits per heavy atom. The van der Waals surface area contributed by atoms with Crippen LogP contribution in [0.3, 0.4) is 0 Å². The Balaban J connectivity index is 1.57. The Morgan fingerprint density at radius 3 is 2.44 bits per heavy atom. The minimum atomic E-state index is -0.267. The topological polar surface area (TPSA) is 78.5 Å². The molecule has 3 aliphatic carbocycles. The first-order valence-corrected chi connectivity index (χ1v) is 12.6. The second kappa shape index (κ2) is 8.18. The second-order valence-corrected chi connectivity index (χ2v) is 11.8. The van der Waals surface area contributed by atoms with Gasteiger partial charge in [0.1, 0.15) is 0 Å². The minimum Gasteiger partial charge on any atom is -0.349 e. The molecule has 7 atom stereocenters. The first-order chi connectivity index (χ1) is 15.0. The van der Waals surface area contributed by atoms with Crippen LogP contribution in [0.4, 0.5) is 4.79 Å². The van der Waals surface area contributed by atoms with Crippen LogP contribution in [-0.4, -0.2) is 40.9 Å². The summed E-state index contributed by atoms with van der Waals surface area (Å²) in [4.78, 5) is 40.0. The predicted molar refractivity (Wildman–Crippen MR) is 125 cm³/mol. The monoisotopic (exact) mass is 443 g/mol. The van der Waals surface area contributed by atoms with Crippen molar-refractivity contribution in [2.75, 3.05) is 0 Å². The maximum absolute atomic E-state index is 13.8. The predicted octanol–water partition coefficient (Wildman–Crippen LogP) is 4.25. The number of imide groups is 1. The smallest absolute Gasteiger partial charge is 0.324 e. The van der Waals surface area contributed by atoms with Gasteiger partial charge in [-0.2, -0.15) is 0 Å². The summed E-state index contributed by atoms with van der Waals surface area (Å²) in [6.07, 6.45) is 10.0. The van der Waals surface area contributed by atoms with E-state index < -0.39 is 0 Å². The van der Waals surface area contributed by atoms with Crippen LogP contribution < -0.4 is 10.6 Å². The SMILES string of the molecule is CC(C)NC(=O)N(C(=O)[C@H]1CC[C@H]2[C@@H]3CC[C@H]4NC(=O)C=C[C@]4(C)[C@H]3CC[C@]12C)C(C)C. The number of amides is 4. The molecule has 0 aromatic rings. The molecule has 1 aliphatic heterocycles. The highest BCUT2D eigenvalue weighted by Gasteiger charge is 2.61. The van der Waals surface area contributed by atoms with Crippen molar-refractivity contribution in [2.45, 2.75) is 98.2 Å². The fourth-order valence-electron chi connectivity index (χ4n) is 7.81. The van der Waals surface area contributed by atoms with E-state index in [1.807, 2.05) is 27.7 Å². The van der Waals surface area contributed by atoms with Gasteiger partial charge in [0, 0.05) is 29.5 Å². The zero-order chi connectivity index (χ0) is 23.4. The lowest BCUT2D eigenvalue weighted by molar-refractivity contribution is -0.142. The Bertz CT molecular complexity index is 821. The Morgan fingerprint density at radius 1 is 1.06 bits per heavy atom. The van der Waals surface area contributed by atoms with Gasteiger partial charge in [0.05, 0.1) is 0 Å². The third-order valence-corrected chi connectivity index (χ3v) is 9.37. The molecule has 4 aliphatic rings. The highest BCUT2D eigenvalue weighted by atomic mass is 16.2. The standard InChI is InChI=1S/C26H41N3O3/c1-15(2)27-24(32)29(16(3)4)23(31)20-9-8-18-17-7-10-21-26(6,14-12-22(30)28-21)19(17)11-13-25(18,20)5/h12,14-21H,7-11,13H2,1-6H3,(H,27,32)(H,28,30)/t17-,18-,19-,20+,21+,25-,26+/m0/s1. The van der Waals surface area contributed by atoms with Crippen LogP contribution in [0.5, 0.6) is 0 Å². The molecular weight excluding hydrogens is 402 g/mol. The van der Waals surface area contributed by atoms with Gasteiger partial charge in [-0.05, 0) is 95.5 Å². The Labute approximate surface area is 192 Å². The summed E-state index contributed by atoms with van der Waals surface area (Å²) in [6, 6.07) is -0.207. The molecule has 0 aromatic heterocycles. The lowest BCUT2D eigenvalue weighted by Gasteiger charge is -2.58. The molecular formula is C26H41N3O3. The molecule has 178 valence electrons. The van der Waals surface area contributed by atoms with Crippen LogP contribution in [0.1, 0.15) is 80.1 Å². The number of carbonyl (C=O) groups excluding carboxylic acids is 3. The molecule has 0 spiro atoms. The number of urea groups is 1. The zero-order valence-electron chi connectivity index (χ0n) is 20.6. The largest absolute Gasteiger partial charge is 0.349 e. The van der Waals surface area contributed by atoms with E-state index >= 15 is 0 Å². The molecule has 4 rings (SSSR count). The van der Waals surface area contributed by atoms with E-state index in [2.05, 4.69) is 30.6 Å². The van der Waals surface area contributed by atoms with Gasteiger partial charge in [0.2, 0.25) is 11.8 Å². The van der Waals surface area contributed by atoms with Gasteiger partial charge in [-0.25, -0.2) is 4.79 Å². The Hall–Kier alpha value is -1.85. The van der Waals surface area contributed by atoms with Gasteiger partial charge in [0.15, 0.2) is 0 Å². The summed E-state index contributed by atoms with van der Waals surface area (Å²) in [5, 5.41) is 6.13. The van der Waals surface area contributed by atoms with Crippen molar-refractivity contribution in [3.8, 4) is 0 Å². The molecule has 32 heavy (non-hydrogen) atoms. The molecule has 3 saturated carbocycles. The summed E-state index contributed by atoms with van der Waals surface area (Å²) >= 11 is 0. The summed E-state index contributed by atoms with van der Waals surface area (Å²) in [5.41, 5.74) is -0.0598. The number of rotatable bonds is 3. The maximum atomic E-state index is 13.8. The molecule has 2 N–H and O–H groups in total. The number of hydrogen-bond donors (Lipinski definition) is 2. The molecule has 3 fully saturated rings. The van der Waals surface area contributed by atoms with Gasteiger partial charge in [-0.3, -0.25) is 14.5 Å². The van der Waals surface area contributed by atoms with E-state index in [1.165, 1.54) is 4.90 Å². The molecule has 1 heterocycles. The van der Waals surface area contributed by atoms with Gasteiger partial charge in [-0.1, -0.05) is 19.9 Å². The quantitative estimate of drug-likeness (QED) is 0.684. The van der Waals surface area contributed by atoms with E-state index in [9.17, 15) is 14.4 Å². The van der Waals surface area contributed by atoms with Gasteiger partial charge in [0.25, 0.3) is 0 Å². The van der Waals surface area contributed by atoms with Crippen molar-refractivity contribution >= 4 is 17.8 Å². The van der Waals surface area contributed by atoms with Gasteiger partial charge in [-0.15, -0.1) is 0 Å². The fraction of sp³-hybridized carbons (Fsp3) is 0.808. The van der Waals surface area contributed by atoms with Crippen molar-refractivity contribution in [1.29, 1.82) is 0 Å². The van der Waals surface area contributed by atoms with Crippen molar-refractivity contribution < 1.29 is 14.4 Å². The Kier molecular flexibility index (Phi) is 5.96. The highest BCUT2D eigenvalue weighted by Crippen LogP contribution is 2.65. The number of nitrogens with one attached hydrogen (secondary N) is 2. The van der Waals surface area contributed by atoms with E-state index in [0.717, 1.165) is 38.5 Å². The van der Waals surface area contributed by atoms with Crippen molar-refractivity contribution in [3.05, 3.63) is 12.2 Å². The van der Waals surface area contributed by atoms with Crippen LogP contribution in [-0.2, 0) is 9.59 Å². The summed E-state index contributed by atoms with van der Waals surface area (Å²) in [5.74, 6) is 1.56. The molecule has 0 unspecified atom stereocenters. The zero-order valence-corrected chi connectivity index (χ0v) is 20.6. The van der Waals surface area contributed by atoms with Crippen LogP contribution in [0.2, 0.25) is 0 Å². The molecule has 4 amide bonds. The third kappa shape index (κ3) is 3.58. The van der Waals surface area contributed by atoms with Crippen molar-refractivity contribution in [2.24, 2.45) is 34.5 Å². The molecule has 6 heteroatoms. The summed E-state index contributed by atoms with van der Waals surface area (Å²) in [6.45, 7) is 12.3. The van der Waals surface area contributed by atoms with Crippen LogP contribution in [0, 0.1) is 34.5 Å². The fourth-order valence-corrected chi connectivity index (χ4v) is 7.81. The average Bonchev–Trinajstić information content (AvgIpc) is 3.05. The number of fused-ring (bicyclic) bond motifs is 5. The van der Waals surface area contributed by atoms with E-state index in [4.69, 9.17) is 0 Å². The maximum Gasteiger partial charge on any atom is 0.324 e. The summed E-state index contributed by atoms with van der Waals surface area (Å²) < 4.78 is 0. The highest BCUT2D eigenvalue weighted by molar-refractivity contribution is 5.96. The first kappa shape index (κ1) is 23.3. The molecule has 0 aromatic carbocycles. The summed E-state index contributed by atoms with van der Waals surface area (Å²) in [7, 11) is 0. The number of nitrogens with zero attached hydrogens (tertiary/aromatic N) is 1. The van der Waals surface area contributed by atoms with Crippen LogP contribution in [0.15, 0.2) is 12.2 Å². The number of hydrogen-bond acceptors (Lipinski definition) is 3. The molecule has 0 saturated heterocycles. The molecule has 0 bridgehead atoms. The first-order valence-electron chi connectivity index (χ1n) is 12.6. The lowest BCUT2D eigenvalue weighted by Crippen LogP contribution is -2.60. The average molecular weight is 444 g/mol. The normalized spacial score (nSPS) is 40.4. The van der Waals surface area contributed by atoms with Crippen molar-refractivity contribution in [1.82, 2.24) is 15.5 Å². The van der Waals surface area contributed by atoms with Gasteiger partial charge < -0.3 is 10.6 Å². The molecule has 0 radical (unpaired) electrons. The van der Waals surface area contributed by atoms with E-state index in [1.54, 1.807) is 6.08 Å². The van der Waals surface area contributed by atoms with Gasteiger partial charge >= 0.3 is 6.03 Å². The molecule has 6 nitrogen and oxygen atoms in total. The number of carbonyl (C=O) groups is 3. The van der Waals surface area contributed by atoms with Crippen LogP contribution in [0.25, 0.3) is 0 Å². The van der Waals surface area contributed by atoms with E-state index in [-0.39, 0.29) is 52.7 Å². The lowest BCUT2D eigenvalue weighted by atomic mass is 9.48. The second-order valence-electron chi connectivity index (χ2n) is 11.8. The minimum absolute atomic E-state index is 0.00105. The van der Waals surface area contributed by atoms with E-state index in [0.29, 0.717) is 17.8 Å².